The first kappa shape index (κ1) is 22.1. The van der Waals surface area contributed by atoms with Crippen LogP contribution in [0, 0.1) is 6.92 Å². The van der Waals surface area contributed by atoms with Crippen molar-refractivity contribution in [3.8, 4) is 0 Å². The lowest BCUT2D eigenvalue weighted by molar-refractivity contribution is -0.116. The summed E-state index contributed by atoms with van der Waals surface area (Å²) in [7, 11) is 2.06. The summed E-state index contributed by atoms with van der Waals surface area (Å²) in [5, 5.41) is 9.31. The SMILES string of the molecule is Cc1ccc([C@@H]2[C@H](c3ccccn3)NC(=S)N2CCC(=O)Nc2cccc3ccccc23)n1C. The van der Waals surface area contributed by atoms with Crippen molar-refractivity contribution in [1.29, 1.82) is 0 Å². The third-order valence-electron chi connectivity index (χ3n) is 6.56. The van der Waals surface area contributed by atoms with E-state index in [1.807, 2.05) is 60.7 Å². The first-order valence-electron chi connectivity index (χ1n) is 11.4. The van der Waals surface area contributed by atoms with Crippen LogP contribution in [-0.2, 0) is 11.8 Å². The van der Waals surface area contributed by atoms with Crippen molar-refractivity contribution in [2.45, 2.75) is 25.4 Å². The number of hydrogen-bond acceptors (Lipinski definition) is 3. The van der Waals surface area contributed by atoms with Gasteiger partial charge in [0.05, 0.1) is 17.8 Å². The topological polar surface area (TPSA) is 62.2 Å². The van der Waals surface area contributed by atoms with Gasteiger partial charge in [-0.1, -0.05) is 42.5 Å². The van der Waals surface area contributed by atoms with Crippen LogP contribution in [0.25, 0.3) is 10.8 Å². The Morgan fingerprint density at radius 1 is 1.06 bits per heavy atom. The zero-order valence-electron chi connectivity index (χ0n) is 19.2. The molecule has 0 bridgehead atoms. The summed E-state index contributed by atoms with van der Waals surface area (Å²) in [5.74, 6) is -0.0396. The van der Waals surface area contributed by atoms with E-state index in [0.29, 0.717) is 18.1 Å². The highest BCUT2D eigenvalue weighted by atomic mass is 32.1. The second-order valence-corrected chi connectivity index (χ2v) is 8.99. The van der Waals surface area contributed by atoms with Gasteiger partial charge in [-0.15, -0.1) is 0 Å². The first-order valence-corrected chi connectivity index (χ1v) is 11.8. The number of hydrogen-bond donors (Lipinski definition) is 2. The predicted octanol–water partition coefficient (Wildman–Crippen LogP) is 4.88. The molecule has 0 spiro atoms. The van der Waals surface area contributed by atoms with Gasteiger partial charge in [0, 0.05) is 48.7 Å². The molecule has 3 heterocycles. The molecule has 1 saturated heterocycles. The van der Waals surface area contributed by atoms with E-state index in [2.05, 4.69) is 51.2 Å². The molecular formula is C27H27N5OS. The minimum Gasteiger partial charge on any atom is -0.352 e. The van der Waals surface area contributed by atoms with E-state index in [0.717, 1.165) is 27.8 Å². The van der Waals surface area contributed by atoms with Crippen LogP contribution in [0.3, 0.4) is 0 Å². The average Bonchev–Trinajstić information content (AvgIpc) is 3.36. The number of carbonyl (C=O) groups is 1. The largest absolute Gasteiger partial charge is 0.352 e. The second kappa shape index (κ2) is 9.27. The molecule has 6 nitrogen and oxygen atoms in total. The van der Waals surface area contributed by atoms with Crippen LogP contribution in [0.1, 0.15) is 35.6 Å². The summed E-state index contributed by atoms with van der Waals surface area (Å²) in [5.41, 5.74) is 4.05. The Balaban J connectivity index is 1.37. The lowest BCUT2D eigenvalue weighted by Gasteiger charge is -2.28. The molecule has 0 unspecified atom stereocenters. The van der Waals surface area contributed by atoms with Crippen molar-refractivity contribution in [2.75, 3.05) is 11.9 Å². The van der Waals surface area contributed by atoms with Crippen LogP contribution in [0.5, 0.6) is 0 Å². The number of nitrogens with one attached hydrogen (secondary N) is 2. The number of carbonyl (C=O) groups excluding carboxylic acids is 1. The summed E-state index contributed by atoms with van der Waals surface area (Å²) in [4.78, 5) is 19.7. The van der Waals surface area contributed by atoms with Gasteiger partial charge in [0.1, 0.15) is 0 Å². The minimum atomic E-state index is -0.0946. The summed E-state index contributed by atoms with van der Waals surface area (Å²) >= 11 is 5.74. The Bertz CT molecular complexity index is 1340. The number of aryl methyl sites for hydroxylation is 1. The Labute approximate surface area is 204 Å². The van der Waals surface area contributed by atoms with Crippen LogP contribution in [0.2, 0.25) is 0 Å². The van der Waals surface area contributed by atoms with E-state index in [9.17, 15) is 4.79 Å². The molecular weight excluding hydrogens is 442 g/mol. The number of anilines is 1. The van der Waals surface area contributed by atoms with Crippen molar-refractivity contribution in [2.24, 2.45) is 7.05 Å². The number of nitrogens with zero attached hydrogens (tertiary/aromatic N) is 3. The van der Waals surface area contributed by atoms with Crippen LogP contribution in [-0.4, -0.2) is 32.0 Å². The van der Waals surface area contributed by atoms with E-state index in [-0.39, 0.29) is 18.0 Å². The van der Waals surface area contributed by atoms with Gasteiger partial charge in [0.2, 0.25) is 5.91 Å². The van der Waals surface area contributed by atoms with Gasteiger partial charge in [-0.3, -0.25) is 9.78 Å². The highest BCUT2D eigenvalue weighted by Gasteiger charge is 2.41. The van der Waals surface area contributed by atoms with Crippen LogP contribution >= 0.6 is 12.2 Å². The Morgan fingerprint density at radius 2 is 1.85 bits per heavy atom. The lowest BCUT2D eigenvalue weighted by atomic mass is 10.0. The van der Waals surface area contributed by atoms with Gasteiger partial charge in [0.25, 0.3) is 0 Å². The maximum Gasteiger partial charge on any atom is 0.226 e. The molecule has 1 amide bonds. The number of aromatic nitrogens is 2. The number of benzene rings is 2. The molecule has 0 radical (unpaired) electrons. The van der Waals surface area contributed by atoms with Gasteiger partial charge < -0.3 is 20.1 Å². The lowest BCUT2D eigenvalue weighted by Crippen LogP contribution is -2.33. The van der Waals surface area contributed by atoms with Crippen molar-refractivity contribution in [3.63, 3.8) is 0 Å². The van der Waals surface area contributed by atoms with Gasteiger partial charge in [-0.05, 0) is 54.9 Å². The maximum atomic E-state index is 13.0. The van der Waals surface area contributed by atoms with Crippen molar-refractivity contribution < 1.29 is 4.79 Å². The standard InChI is InChI=1S/C27H27N5OS/c1-18-13-14-23(31(18)2)26-25(22-11-5-6-16-28-22)30-27(34)32(26)17-15-24(33)29-21-12-7-9-19-8-3-4-10-20(19)21/h3-14,16,25-26H,15,17H2,1-2H3,(H,29,33)(H,30,34)/t25-,26+/m0/s1. The van der Waals surface area contributed by atoms with Crippen LogP contribution < -0.4 is 10.6 Å². The van der Waals surface area contributed by atoms with E-state index < -0.39 is 0 Å². The molecule has 0 saturated carbocycles. The van der Waals surface area contributed by atoms with Crippen molar-refractivity contribution in [3.05, 3.63) is 96.1 Å². The number of pyridine rings is 1. The Hall–Kier alpha value is -3.71. The Morgan fingerprint density at radius 3 is 2.62 bits per heavy atom. The molecule has 1 fully saturated rings. The summed E-state index contributed by atoms with van der Waals surface area (Å²) in [6.07, 6.45) is 2.12. The smallest absolute Gasteiger partial charge is 0.226 e. The fourth-order valence-corrected chi connectivity index (χ4v) is 5.00. The number of fused-ring (bicyclic) bond motifs is 1. The minimum absolute atomic E-state index is 0.0396. The fraction of sp³-hybridized carbons (Fsp3) is 0.222. The number of thiocarbonyl (C=S) groups is 1. The molecule has 4 aromatic rings. The zero-order chi connectivity index (χ0) is 23.7. The average molecular weight is 470 g/mol. The van der Waals surface area contributed by atoms with Gasteiger partial charge >= 0.3 is 0 Å². The molecule has 7 heteroatoms. The fourth-order valence-electron chi connectivity index (χ4n) is 4.67. The van der Waals surface area contributed by atoms with E-state index in [1.165, 1.54) is 5.69 Å². The maximum absolute atomic E-state index is 13.0. The predicted molar refractivity (Wildman–Crippen MR) is 140 cm³/mol. The van der Waals surface area contributed by atoms with E-state index >= 15 is 0 Å². The molecule has 2 aromatic carbocycles. The monoisotopic (exact) mass is 469 g/mol. The van der Waals surface area contributed by atoms with E-state index in [4.69, 9.17) is 12.2 Å². The van der Waals surface area contributed by atoms with Crippen molar-refractivity contribution >= 4 is 39.7 Å². The number of rotatable bonds is 6. The summed E-state index contributed by atoms with van der Waals surface area (Å²) in [6, 6.07) is 24.0. The molecule has 2 aromatic heterocycles. The highest BCUT2D eigenvalue weighted by molar-refractivity contribution is 7.80. The quantitative estimate of drug-likeness (QED) is 0.394. The normalized spacial score (nSPS) is 17.7. The zero-order valence-corrected chi connectivity index (χ0v) is 20.0. The Kier molecular flexibility index (Phi) is 6.02. The van der Waals surface area contributed by atoms with Gasteiger partial charge in [-0.2, -0.15) is 0 Å². The first-order chi connectivity index (χ1) is 16.5. The summed E-state index contributed by atoms with van der Waals surface area (Å²) in [6.45, 7) is 2.59. The van der Waals surface area contributed by atoms with E-state index in [1.54, 1.807) is 6.20 Å². The van der Waals surface area contributed by atoms with Gasteiger partial charge in [-0.25, -0.2) is 0 Å². The third-order valence-corrected chi connectivity index (χ3v) is 6.91. The molecule has 34 heavy (non-hydrogen) atoms. The molecule has 2 N–H and O–H groups in total. The second-order valence-electron chi connectivity index (χ2n) is 8.60. The van der Waals surface area contributed by atoms with Crippen LogP contribution in [0.15, 0.2) is 79.0 Å². The van der Waals surface area contributed by atoms with Crippen molar-refractivity contribution in [1.82, 2.24) is 19.8 Å². The summed E-state index contributed by atoms with van der Waals surface area (Å²) < 4.78 is 2.18. The molecule has 5 rings (SSSR count). The molecule has 1 aliphatic heterocycles. The third kappa shape index (κ3) is 4.15. The molecule has 1 aliphatic rings. The molecule has 0 aliphatic carbocycles. The number of amides is 1. The molecule has 172 valence electrons. The van der Waals surface area contributed by atoms with Gasteiger partial charge in [0.15, 0.2) is 5.11 Å². The highest BCUT2D eigenvalue weighted by Crippen LogP contribution is 2.39. The molecule has 2 atom stereocenters. The van der Waals surface area contributed by atoms with Crippen LogP contribution in [0.4, 0.5) is 5.69 Å².